The zero-order valence-electron chi connectivity index (χ0n) is 22.3. The molecule has 9 heteroatoms. The van der Waals surface area contributed by atoms with Crippen molar-refractivity contribution in [1.29, 1.82) is 0 Å². The van der Waals surface area contributed by atoms with Gasteiger partial charge in [0, 0.05) is 32.4 Å². The van der Waals surface area contributed by atoms with Gasteiger partial charge in [-0.25, -0.2) is 14.4 Å². The summed E-state index contributed by atoms with van der Waals surface area (Å²) in [6.07, 6.45) is 2.39. The Balaban J connectivity index is 1.55. The van der Waals surface area contributed by atoms with Crippen LogP contribution in [0, 0.1) is 17.7 Å². The molecule has 198 valence electrons. The summed E-state index contributed by atoms with van der Waals surface area (Å²) in [6.45, 7) is 10.6. The summed E-state index contributed by atoms with van der Waals surface area (Å²) in [5.74, 6) is 6.86. The zero-order valence-corrected chi connectivity index (χ0v) is 23.3. The molecular weight excluding hydrogens is 499 g/mol. The maximum Gasteiger partial charge on any atom is 0.279 e. The van der Waals surface area contributed by atoms with Gasteiger partial charge in [0.25, 0.3) is 5.56 Å². The minimum Gasteiger partial charge on any atom is -0.481 e. The first-order valence-electron chi connectivity index (χ1n) is 12.8. The van der Waals surface area contributed by atoms with Gasteiger partial charge in [-0.3, -0.25) is 13.9 Å². The van der Waals surface area contributed by atoms with Crippen LogP contribution in [0.4, 0.5) is 4.39 Å². The maximum absolute atomic E-state index is 13.3. The second-order valence-corrected chi connectivity index (χ2v) is 15.9. The van der Waals surface area contributed by atoms with Crippen LogP contribution in [0.15, 0.2) is 59.7 Å². The fourth-order valence-electron chi connectivity index (χ4n) is 3.83. The fourth-order valence-corrected chi connectivity index (χ4v) is 4.58. The molecule has 0 aliphatic heterocycles. The van der Waals surface area contributed by atoms with Gasteiger partial charge in [-0.1, -0.05) is 38.4 Å². The average molecular weight is 533 g/mol. The first kappa shape index (κ1) is 27.3. The Labute approximate surface area is 223 Å². The van der Waals surface area contributed by atoms with Crippen LogP contribution in [0.2, 0.25) is 25.7 Å². The Morgan fingerprint density at radius 1 is 1.05 bits per heavy atom. The Morgan fingerprint density at radius 3 is 2.47 bits per heavy atom. The van der Waals surface area contributed by atoms with Crippen molar-refractivity contribution >= 4 is 19.2 Å². The van der Waals surface area contributed by atoms with E-state index in [1.54, 1.807) is 23.0 Å². The third-order valence-corrected chi connectivity index (χ3v) is 7.62. The van der Waals surface area contributed by atoms with E-state index in [2.05, 4.69) is 36.5 Å². The highest BCUT2D eigenvalue weighted by Gasteiger charge is 2.19. The van der Waals surface area contributed by atoms with Gasteiger partial charge in [0.1, 0.15) is 37.1 Å². The predicted octanol–water partition coefficient (Wildman–Crippen LogP) is 5.55. The number of benzene rings is 2. The van der Waals surface area contributed by atoms with Gasteiger partial charge >= 0.3 is 0 Å². The summed E-state index contributed by atoms with van der Waals surface area (Å²) < 4.78 is 28.2. The van der Waals surface area contributed by atoms with E-state index >= 15 is 0 Å². The molecule has 0 fully saturated rings. The van der Waals surface area contributed by atoms with E-state index in [0.29, 0.717) is 35.9 Å². The highest BCUT2D eigenvalue weighted by molar-refractivity contribution is 6.76. The smallest absolute Gasteiger partial charge is 0.279 e. The van der Waals surface area contributed by atoms with Crippen molar-refractivity contribution in [3.8, 4) is 29.0 Å². The number of hydrogen-bond acceptors (Lipinski definition) is 5. The first-order valence-corrected chi connectivity index (χ1v) is 16.5. The summed E-state index contributed by atoms with van der Waals surface area (Å²) in [6, 6.07) is 14.5. The first-order chi connectivity index (χ1) is 18.2. The lowest BCUT2D eigenvalue weighted by atomic mass is 10.2. The standard InChI is InChI=1S/C29H33FN4O3Si/c1-5-16-33-20-31-27-26(29(33)35)34(21-36-18-19-38(2,3)4)28(32-27)23-10-14-25(15-11-23)37-17-6-7-22-8-12-24(30)13-9-22/h8-15,20H,5,16-19,21H2,1-4H3. The Bertz CT molecular complexity index is 1490. The average Bonchev–Trinajstić information content (AvgIpc) is 3.26. The molecule has 0 amide bonds. The lowest BCUT2D eigenvalue weighted by Crippen LogP contribution is -2.24. The van der Waals surface area contributed by atoms with Gasteiger partial charge in [0.15, 0.2) is 11.2 Å². The normalized spacial score (nSPS) is 11.4. The van der Waals surface area contributed by atoms with Crippen LogP contribution in [0.3, 0.4) is 0 Å². The molecule has 2 heterocycles. The minimum absolute atomic E-state index is 0.121. The van der Waals surface area contributed by atoms with Crippen molar-refractivity contribution in [2.45, 2.75) is 52.3 Å². The van der Waals surface area contributed by atoms with E-state index in [9.17, 15) is 9.18 Å². The van der Waals surface area contributed by atoms with E-state index < -0.39 is 8.07 Å². The lowest BCUT2D eigenvalue weighted by molar-refractivity contribution is 0.0908. The molecule has 0 N–H and O–H groups in total. The molecule has 4 aromatic rings. The molecule has 38 heavy (non-hydrogen) atoms. The van der Waals surface area contributed by atoms with Crippen LogP contribution in [-0.4, -0.2) is 40.4 Å². The number of aryl methyl sites for hydroxylation is 1. The van der Waals surface area contributed by atoms with Gasteiger partial charge < -0.3 is 9.47 Å². The highest BCUT2D eigenvalue weighted by atomic mass is 28.3. The summed E-state index contributed by atoms with van der Waals surface area (Å²) in [5, 5.41) is 0. The molecule has 0 unspecified atom stereocenters. The number of hydrogen-bond donors (Lipinski definition) is 0. The van der Waals surface area contributed by atoms with E-state index in [-0.39, 0.29) is 24.7 Å². The summed E-state index contributed by atoms with van der Waals surface area (Å²) in [7, 11) is -1.25. The van der Waals surface area contributed by atoms with Gasteiger partial charge in [-0.15, -0.1) is 0 Å². The van der Waals surface area contributed by atoms with Crippen LogP contribution in [-0.2, 0) is 18.0 Å². The van der Waals surface area contributed by atoms with Crippen molar-refractivity contribution in [3.63, 3.8) is 0 Å². The van der Waals surface area contributed by atoms with Gasteiger partial charge in [-0.2, -0.15) is 0 Å². The van der Waals surface area contributed by atoms with Crippen LogP contribution >= 0.6 is 0 Å². The number of rotatable bonds is 10. The van der Waals surface area contributed by atoms with E-state index in [1.807, 2.05) is 35.8 Å². The molecule has 2 aromatic carbocycles. The second kappa shape index (κ2) is 12.2. The predicted molar refractivity (Wildman–Crippen MR) is 150 cm³/mol. The topological polar surface area (TPSA) is 71.2 Å². The van der Waals surface area contributed by atoms with Gasteiger partial charge in [0.2, 0.25) is 0 Å². The molecule has 7 nitrogen and oxygen atoms in total. The van der Waals surface area contributed by atoms with Crippen LogP contribution < -0.4 is 10.3 Å². The Morgan fingerprint density at radius 2 is 1.79 bits per heavy atom. The molecule has 2 aromatic heterocycles. The quantitative estimate of drug-likeness (QED) is 0.152. The lowest BCUT2D eigenvalue weighted by Gasteiger charge is -2.16. The molecule has 0 radical (unpaired) electrons. The van der Waals surface area contributed by atoms with Crippen LogP contribution in [0.25, 0.3) is 22.6 Å². The molecule has 0 aliphatic rings. The second-order valence-electron chi connectivity index (χ2n) is 10.2. The number of nitrogens with zero attached hydrogens (tertiary/aromatic N) is 4. The molecule has 0 bridgehead atoms. The monoisotopic (exact) mass is 532 g/mol. The molecular formula is C29H33FN4O3Si. The molecule has 0 atom stereocenters. The maximum atomic E-state index is 13.3. The Hall–Kier alpha value is -3.74. The third-order valence-electron chi connectivity index (χ3n) is 5.91. The highest BCUT2D eigenvalue weighted by Crippen LogP contribution is 2.25. The van der Waals surface area contributed by atoms with E-state index in [0.717, 1.165) is 23.6 Å². The van der Waals surface area contributed by atoms with Crippen molar-refractivity contribution in [1.82, 2.24) is 19.1 Å². The van der Waals surface area contributed by atoms with Crippen molar-refractivity contribution in [2.24, 2.45) is 0 Å². The number of fused-ring (bicyclic) bond motifs is 1. The zero-order chi connectivity index (χ0) is 27.1. The minimum atomic E-state index is -1.25. The van der Waals surface area contributed by atoms with Crippen molar-refractivity contribution in [3.05, 3.63) is 76.6 Å². The SMILES string of the molecule is CCCn1cnc2nc(-c3ccc(OCC#Cc4ccc(F)cc4)cc3)n(COCC[Si](C)(C)C)c2c1=O. The van der Waals surface area contributed by atoms with Gasteiger partial charge in [0.05, 0.1) is 0 Å². The molecule has 0 spiro atoms. The Kier molecular flexibility index (Phi) is 8.76. The summed E-state index contributed by atoms with van der Waals surface area (Å²) in [4.78, 5) is 22.4. The van der Waals surface area contributed by atoms with Gasteiger partial charge in [-0.05, 0) is 61.0 Å². The number of aromatic nitrogens is 4. The number of ether oxygens (including phenoxy) is 2. The van der Waals surface area contributed by atoms with E-state index in [1.165, 1.54) is 12.1 Å². The van der Waals surface area contributed by atoms with Crippen LogP contribution in [0.1, 0.15) is 18.9 Å². The van der Waals surface area contributed by atoms with Crippen molar-refractivity contribution < 1.29 is 13.9 Å². The number of imidazole rings is 1. The largest absolute Gasteiger partial charge is 0.481 e. The molecule has 4 rings (SSSR count). The molecule has 0 saturated carbocycles. The third kappa shape index (κ3) is 6.97. The molecule has 0 aliphatic carbocycles. The van der Waals surface area contributed by atoms with Crippen molar-refractivity contribution in [2.75, 3.05) is 13.2 Å². The van der Waals surface area contributed by atoms with E-state index in [4.69, 9.17) is 14.5 Å². The number of halogens is 1. The summed E-state index contributed by atoms with van der Waals surface area (Å²) >= 11 is 0. The fraction of sp³-hybridized carbons (Fsp3) is 0.345. The van der Waals surface area contributed by atoms with Crippen LogP contribution in [0.5, 0.6) is 5.75 Å². The summed E-state index contributed by atoms with van der Waals surface area (Å²) in [5.41, 5.74) is 2.28. The molecule has 0 saturated heterocycles.